The van der Waals surface area contributed by atoms with Gasteiger partial charge < -0.3 is 0 Å². The second kappa shape index (κ2) is 9.03. The average molecular weight is 409 g/mol. The summed E-state index contributed by atoms with van der Waals surface area (Å²) in [5.41, 5.74) is 1.63. The van der Waals surface area contributed by atoms with Gasteiger partial charge in [0.1, 0.15) is 0 Å². The van der Waals surface area contributed by atoms with Crippen LogP contribution in [0.25, 0.3) is 28.3 Å². The minimum atomic E-state index is -4.45. The van der Waals surface area contributed by atoms with Gasteiger partial charge in [-0.2, -0.15) is 13.2 Å². The lowest BCUT2D eigenvalue weighted by Gasteiger charge is -2.12. The molecule has 3 rings (SSSR count). The fourth-order valence-electron chi connectivity index (χ4n) is 3.06. The van der Waals surface area contributed by atoms with Crippen molar-refractivity contribution in [2.45, 2.75) is 33.4 Å². The van der Waals surface area contributed by atoms with Crippen LogP contribution in [0.5, 0.6) is 0 Å². The Bertz CT molecular complexity index is 1080. The lowest BCUT2D eigenvalue weighted by atomic mass is 10.1. The second-order valence-corrected chi connectivity index (χ2v) is 6.83. The third-order valence-electron chi connectivity index (χ3n) is 4.36. The predicted molar refractivity (Wildman–Crippen MR) is 114 cm³/mol. The van der Waals surface area contributed by atoms with Crippen molar-refractivity contribution in [1.29, 1.82) is 0 Å². The summed E-state index contributed by atoms with van der Waals surface area (Å²) in [6, 6.07) is 13.2. The van der Waals surface area contributed by atoms with E-state index < -0.39 is 11.7 Å². The molecular formula is C24H22F3N3. The lowest BCUT2D eigenvalue weighted by Crippen LogP contribution is -2.07. The number of hydrogen-bond donors (Lipinski definition) is 0. The number of benzene rings is 2. The Hall–Kier alpha value is -3.28. The van der Waals surface area contributed by atoms with Gasteiger partial charge in [-0.15, -0.1) is 0 Å². The zero-order valence-electron chi connectivity index (χ0n) is 17.0. The van der Waals surface area contributed by atoms with E-state index in [0.717, 1.165) is 29.7 Å². The van der Waals surface area contributed by atoms with Crippen LogP contribution in [-0.2, 0) is 6.18 Å². The maximum atomic E-state index is 13.3. The van der Waals surface area contributed by atoms with E-state index in [1.165, 1.54) is 0 Å². The third kappa shape index (κ3) is 5.00. The van der Waals surface area contributed by atoms with Crippen LogP contribution in [-0.4, -0.2) is 15.0 Å². The van der Waals surface area contributed by atoms with Crippen LogP contribution in [0.15, 0.2) is 66.8 Å². The second-order valence-electron chi connectivity index (χ2n) is 6.83. The molecule has 0 amide bonds. The number of halogens is 3. The predicted octanol–water partition coefficient (Wildman–Crippen LogP) is 6.90. The first kappa shape index (κ1) is 21.4. The first-order chi connectivity index (χ1) is 14.3. The molecule has 3 aromatic rings. The Labute approximate surface area is 174 Å². The Balaban J connectivity index is 2.26. The van der Waals surface area contributed by atoms with Crippen LogP contribution in [0.3, 0.4) is 0 Å². The molecule has 0 saturated carbocycles. The maximum absolute atomic E-state index is 13.3. The first-order valence-corrected chi connectivity index (χ1v) is 9.65. The summed E-state index contributed by atoms with van der Waals surface area (Å²) in [4.78, 5) is 13.6. The van der Waals surface area contributed by atoms with E-state index in [2.05, 4.69) is 15.0 Å². The van der Waals surface area contributed by atoms with Crippen molar-refractivity contribution in [2.75, 3.05) is 0 Å². The van der Waals surface area contributed by atoms with Crippen LogP contribution in [0, 0.1) is 6.92 Å². The van der Waals surface area contributed by atoms with E-state index in [0.29, 0.717) is 22.8 Å². The van der Waals surface area contributed by atoms with Crippen LogP contribution in [0.4, 0.5) is 13.2 Å². The molecule has 1 heterocycles. The van der Waals surface area contributed by atoms with E-state index in [4.69, 9.17) is 0 Å². The van der Waals surface area contributed by atoms with Gasteiger partial charge >= 0.3 is 6.18 Å². The fraction of sp³-hybridized carbons (Fsp3) is 0.208. The minimum absolute atomic E-state index is 0.208. The average Bonchev–Trinajstić information content (AvgIpc) is 2.73. The lowest BCUT2D eigenvalue weighted by molar-refractivity contribution is -0.137. The van der Waals surface area contributed by atoms with Crippen molar-refractivity contribution in [3.05, 3.63) is 83.7 Å². The van der Waals surface area contributed by atoms with Crippen LogP contribution in [0.2, 0.25) is 0 Å². The summed E-state index contributed by atoms with van der Waals surface area (Å²) < 4.78 is 40.0. The normalized spacial score (nSPS) is 12.5. The molecule has 0 aliphatic rings. The van der Waals surface area contributed by atoms with Crippen molar-refractivity contribution >= 4 is 5.57 Å². The van der Waals surface area contributed by atoms with Crippen LogP contribution >= 0.6 is 0 Å². The molecule has 6 heteroatoms. The molecule has 0 aliphatic heterocycles. The van der Waals surface area contributed by atoms with E-state index in [9.17, 15) is 13.2 Å². The fourth-order valence-corrected chi connectivity index (χ4v) is 3.06. The van der Waals surface area contributed by atoms with Crippen molar-refractivity contribution in [3.63, 3.8) is 0 Å². The molecule has 2 aromatic carbocycles. The zero-order chi connectivity index (χ0) is 21.7. The molecule has 0 unspecified atom stereocenters. The number of nitrogens with zero attached hydrogens (tertiary/aromatic N) is 3. The van der Waals surface area contributed by atoms with Crippen molar-refractivity contribution in [2.24, 2.45) is 0 Å². The number of rotatable bonds is 5. The Morgan fingerprint density at radius 3 is 2.20 bits per heavy atom. The van der Waals surface area contributed by atoms with E-state index in [1.807, 2.05) is 62.4 Å². The molecule has 154 valence electrons. The highest BCUT2D eigenvalue weighted by atomic mass is 19.4. The first-order valence-electron chi connectivity index (χ1n) is 9.65. The number of aromatic nitrogens is 3. The van der Waals surface area contributed by atoms with Gasteiger partial charge in [-0.3, -0.25) is 0 Å². The summed E-state index contributed by atoms with van der Waals surface area (Å²) in [5.74, 6) is 1.05. The molecule has 0 fully saturated rings. The third-order valence-corrected chi connectivity index (χ3v) is 4.36. The zero-order valence-corrected chi connectivity index (χ0v) is 17.0. The Morgan fingerprint density at radius 2 is 1.60 bits per heavy atom. The highest BCUT2D eigenvalue weighted by Gasteiger charge is 2.31. The largest absolute Gasteiger partial charge is 0.416 e. The number of alkyl halides is 3. The molecule has 1 aromatic heterocycles. The topological polar surface area (TPSA) is 38.7 Å². The van der Waals surface area contributed by atoms with Gasteiger partial charge in [0.15, 0.2) is 17.5 Å². The maximum Gasteiger partial charge on any atom is 0.416 e. The SMILES string of the molecule is C/C=C\C(=C/CC)c1nc(-c2ccccc2)nc(-c2cc(C)cc(C(F)(F)F)c2)n1. The van der Waals surface area contributed by atoms with Gasteiger partial charge in [0.2, 0.25) is 0 Å². The van der Waals surface area contributed by atoms with Gasteiger partial charge in [0, 0.05) is 16.7 Å². The van der Waals surface area contributed by atoms with Gasteiger partial charge in [-0.25, -0.2) is 15.0 Å². The van der Waals surface area contributed by atoms with Crippen molar-refractivity contribution < 1.29 is 13.2 Å². The molecule has 0 aliphatic carbocycles. The number of hydrogen-bond acceptors (Lipinski definition) is 3. The Kier molecular flexibility index (Phi) is 6.45. The highest BCUT2D eigenvalue weighted by Crippen LogP contribution is 2.33. The Morgan fingerprint density at radius 1 is 0.933 bits per heavy atom. The van der Waals surface area contributed by atoms with E-state index >= 15 is 0 Å². The quantitative estimate of drug-likeness (QED) is 0.430. The number of aryl methyl sites for hydroxylation is 1. The summed E-state index contributed by atoms with van der Waals surface area (Å²) >= 11 is 0. The summed E-state index contributed by atoms with van der Waals surface area (Å²) in [6.07, 6.45) is 2.06. The summed E-state index contributed by atoms with van der Waals surface area (Å²) in [7, 11) is 0. The standard InChI is InChI=1S/C24H22F3N3/c1-4-9-17(10-5-2)21-28-22(18-11-7-6-8-12-18)30-23(29-21)19-13-16(3)14-20(15-19)24(25,26)27/h4,6-15H,5H2,1-3H3/b9-4-,17-10+. The summed E-state index contributed by atoms with van der Waals surface area (Å²) in [6.45, 7) is 5.51. The highest BCUT2D eigenvalue weighted by molar-refractivity contribution is 5.72. The van der Waals surface area contributed by atoms with Gasteiger partial charge in [-0.05, 0) is 44.0 Å². The minimum Gasteiger partial charge on any atom is -0.208 e. The van der Waals surface area contributed by atoms with E-state index in [-0.39, 0.29) is 5.82 Å². The summed E-state index contributed by atoms with van der Waals surface area (Å²) in [5, 5.41) is 0. The van der Waals surface area contributed by atoms with Gasteiger partial charge in [0.25, 0.3) is 0 Å². The molecule has 0 radical (unpaired) electrons. The molecular weight excluding hydrogens is 387 g/mol. The van der Waals surface area contributed by atoms with E-state index in [1.54, 1.807) is 13.0 Å². The van der Waals surface area contributed by atoms with Crippen molar-refractivity contribution in [1.82, 2.24) is 15.0 Å². The van der Waals surface area contributed by atoms with Crippen LogP contribution < -0.4 is 0 Å². The monoisotopic (exact) mass is 409 g/mol. The molecule has 0 N–H and O–H groups in total. The smallest absolute Gasteiger partial charge is 0.208 e. The molecule has 0 spiro atoms. The van der Waals surface area contributed by atoms with Crippen molar-refractivity contribution in [3.8, 4) is 22.8 Å². The van der Waals surface area contributed by atoms with Gasteiger partial charge in [-0.1, -0.05) is 55.5 Å². The van der Waals surface area contributed by atoms with Gasteiger partial charge in [0.05, 0.1) is 5.56 Å². The molecule has 0 bridgehead atoms. The molecule has 3 nitrogen and oxygen atoms in total. The molecule has 0 atom stereocenters. The number of allylic oxidation sites excluding steroid dienone is 4. The molecule has 30 heavy (non-hydrogen) atoms. The van der Waals surface area contributed by atoms with Crippen LogP contribution in [0.1, 0.15) is 37.2 Å². The molecule has 0 saturated heterocycles.